The van der Waals surface area contributed by atoms with E-state index in [1.165, 1.54) is 5.57 Å². The van der Waals surface area contributed by atoms with Crippen molar-refractivity contribution in [1.29, 1.82) is 0 Å². The zero-order valence-electron chi connectivity index (χ0n) is 10.9. The van der Waals surface area contributed by atoms with Gasteiger partial charge in [-0.05, 0) is 41.8 Å². The Bertz CT molecular complexity index is 568. The Labute approximate surface area is 126 Å². The molecule has 5 heteroatoms. The minimum Gasteiger partial charge on any atom is -0.367 e. The fourth-order valence-electron chi connectivity index (χ4n) is 2.50. The lowest BCUT2D eigenvalue weighted by atomic mass is 9.89. The molecule has 0 aromatic carbocycles. The van der Waals surface area contributed by atoms with E-state index in [9.17, 15) is 4.79 Å². The van der Waals surface area contributed by atoms with Crippen LogP contribution in [0, 0.1) is 0 Å². The molecule has 2 aliphatic rings. The lowest BCUT2D eigenvalue weighted by molar-refractivity contribution is -0.123. The molecule has 1 aliphatic carbocycles. The molecule has 3 rings (SSSR count). The maximum absolute atomic E-state index is 11.6. The number of aromatic nitrogens is 1. The molecular weight excluding hydrogens is 320 g/mol. The first kappa shape index (κ1) is 13.5. The standard InChI is InChI=1S/C15H15BrN2O2/c16-12-7-11-1-2-14(19)18-15(11)13(8-12)20-9-10-3-5-17-6-4-10/h3-8,13,15H,1-2,9H2,(H,18,19). The molecule has 2 atom stereocenters. The number of ether oxygens (including phenoxy) is 1. The van der Waals surface area contributed by atoms with Crippen LogP contribution in [0.3, 0.4) is 0 Å². The summed E-state index contributed by atoms with van der Waals surface area (Å²) in [5.74, 6) is 0.0936. The van der Waals surface area contributed by atoms with Crippen LogP contribution in [0.15, 0.2) is 46.7 Å². The van der Waals surface area contributed by atoms with Crippen molar-refractivity contribution < 1.29 is 9.53 Å². The molecule has 2 unspecified atom stereocenters. The number of nitrogens with one attached hydrogen (secondary N) is 1. The van der Waals surface area contributed by atoms with Crippen LogP contribution < -0.4 is 5.32 Å². The number of rotatable bonds is 3. The van der Waals surface area contributed by atoms with Gasteiger partial charge < -0.3 is 10.1 Å². The van der Waals surface area contributed by atoms with Crippen molar-refractivity contribution in [2.75, 3.05) is 0 Å². The molecule has 0 radical (unpaired) electrons. The Morgan fingerprint density at radius 2 is 2.15 bits per heavy atom. The topological polar surface area (TPSA) is 51.2 Å². The third-order valence-electron chi connectivity index (χ3n) is 3.52. The minimum absolute atomic E-state index is 0.0422. The zero-order chi connectivity index (χ0) is 13.9. The van der Waals surface area contributed by atoms with Gasteiger partial charge in [0, 0.05) is 23.3 Å². The van der Waals surface area contributed by atoms with E-state index in [0.717, 1.165) is 16.5 Å². The van der Waals surface area contributed by atoms with Crippen LogP contribution in [0.1, 0.15) is 18.4 Å². The Kier molecular flexibility index (Phi) is 3.98. The minimum atomic E-state index is -0.137. The first-order chi connectivity index (χ1) is 9.72. The molecule has 20 heavy (non-hydrogen) atoms. The zero-order valence-corrected chi connectivity index (χ0v) is 12.5. The molecule has 1 aromatic heterocycles. The number of carbonyl (C=O) groups excluding carboxylic acids is 1. The van der Waals surface area contributed by atoms with Crippen LogP contribution in [0.25, 0.3) is 0 Å². The number of allylic oxidation sites excluding steroid dienone is 2. The number of pyridine rings is 1. The molecule has 2 heterocycles. The van der Waals surface area contributed by atoms with Gasteiger partial charge in [-0.25, -0.2) is 0 Å². The first-order valence-electron chi connectivity index (χ1n) is 6.60. The fourth-order valence-corrected chi connectivity index (χ4v) is 3.06. The molecule has 104 valence electrons. The van der Waals surface area contributed by atoms with Gasteiger partial charge in [-0.1, -0.05) is 15.9 Å². The Hall–Kier alpha value is -1.46. The number of halogens is 1. The number of carbonyl (C=O) groups is 1. The second-order valence-corrected chi connectivity index (χ2v) is 5.86. The van der Waals surface area contributed by atoms with Crippen molar-refractivity contribution in [2.45, 2.75) is 31.6 Å². The van der Waals surface area contributed by atoms with Gasteiger partial charge in [0.25, 0.3) is 0 Å². The molecule has 1 amide bonds. The summed E-state index contributed by atoms with van der Waals surface area (Å²) in [4.78, 5) is 15.6. The number of nitrogens with zero attached hydrogens (tertiary/aromatic N) is 1. The summed E-state index contributed by atoms with van der Waals surface area (Å²) >= 11 is 3.51. The van der Waals surface area contributed by atoms with E-state index < -0.39 is 0 Å². The molecule has 0 bridgehead atoms. The average molecular weight is 335 g/mol. The highest BCUT2D eigenvalue weighted by molar-refractivity contribution is 9.11. The average Bonchev–Trinajstić information content (AvgIpc) is 2.46. The Morgan fingerprint density at radius 1 is 1.35 bits per heavy atom. The number of piperidine rings is 1. The van der Waals surface area contributed by atoms with Crippen LogP contribution in [0.5, 0.6) is 0 Å². The van der Waals surface area contributed by atoms with Crippen LogP contribution in [0.4, 0.5) is 0 Å². The molecule has 4 nitrogen and oxygen atoms in total. The van der Waals surface area contributed by atoms with E-state index >= 15 is 0 Å². The van der Waals surface area contributed by atoms with Gasteiger partial charge in [0.1, 0.15) is 6.10 Å². The van der Waals surface area contributed by atoms with E-state index in [4.69, 9.17) is 4.74 Å². The summed E-state index contributed by atoms with van der Waals surface area (Å²) in [6, 6.07) is 3.81. The van der Waals surface area contributed by atoms with Gasteiger partial charge in [0.15, 0.2) is 0 Å². The Morgan fingerprint density at radius 3 is 2.95 bits per heavy atom. The molecule has 1 fully saturated rings. The molecule has 1 saturated heterocycles. The van der Waals surface area contributed by atoms with Crippen molar-refractivity contribution in [1.82, 2.24) is 10.3 Å². The van der Waals surface area contributed by atoms with Gasteiger partial charge >= 0.3 is 0 Å². The highest BCUT2D eigenvalue weighted by Gasteiger charge is 2.32. The summed E-state index contributed by atoms with van der Waals surface area (Å²) < 4.78 is 6.98. The molecule has 1 N–H and O–H groups in total. The molecule has 0 saturated carbocycles. The highest BCUT2D eigenvalue weighted by Crippen LogP contribution is 2.29. The van der Waals surface area contributed by atoms with Gasteiger partial charge in [-0.15, -0.1) is 0 Å². The maximum Gasteiger partial charge on any atom is 0.220 e. The Balaban J connectivity index is 1.71. The van der Waals surface area contributed by atoms with Gasteiger partial charge in [0.05, 0.1) is 12.6 Å². The summed E-state index contributed by atoms with van der Waals surface area (Å²) in [5, 5.41) is 3.02. The van der Waals surface area contributed by atoms with E-state index in [-0.39, 0.29) is 18.1 Å². The van der Waals surface area contributed by atoms with E-state index in [1.54, 1.807) is 12.4 Å². The van der Waals surface area contributed by atoms with Gasteiger partial charge in [-0.2, -0.15) is 0 Å². The van der Waals surface area contributed by atoms with Crippen molar-refractivity contribution in [3.8, 4) is 0 Å². The highest BCUT2D eigenvalue weighted by atomic mass is 79.9. The van der Waals surface area contributed by atoms with E-state index in [0.29, 0.717) is 13.0 Å². The van der Waals surface area contributed by atoms with Crippen molar-refractivity contribution in [3.05, 3.63) is 52.3 Å². The lowest BCUT2D eigenvalue weighted by Gasteiger charge is -2.34. The number of hydrogen-bond donors (Lipinski definition) is 1. The number of fused-ring (bicyclic) bond motifs is 1. The second-order valence-electron chi connectivity index (χ2n) is 4.95. The van der Waals surface area contributed by atoms with Crippen molar-refractivity contribution >= 4 is 21.8 Å². The summed E-state index contributed by atoms with van der Waals surface area (Å²) in [5.41, 5.74) is 2.29. The summed E-state index contributed by atoms with van der Waals surface area (Å²) in [7, 11) is 0. The summed E-state index contributed by atoms with van der Waals surface area (Å²) in [6.07, 6.45) is 8.80. The van der Waals surface area contributed by atoms with E-state index in [2.05, 4.69) is 32.3 Å². The molecule has 0 spiro atoms. The van der Waals surface area contributed by atoms with Crippen molar-refractivity contribution in [3.63, 3.8) is 0 Å². The molecule has 1 aromatic rings. The monoisotopic (exact) mass is 334 g/mol. The predicted octanol–water partition coefficient (Wildman–Crippen LogP) is 2.46. The van der Waals surface area contributed by atoms with Crippen LogP contribution in [0.2, 0.25) is 0 Å². The van der Waals surface area contributed by atoms with Crippen LogP contribution in [-0.4, -0.2) is 23.0 Å². The molecular formula is C15H15BrN2O2. The predicted molar refractivity (Wildman–Crippen MR) is 79.1 cm³/mol. The third-order valence-corrected chi connectivity index (χ3v) is 4.02. The maximum atomic E-state index is 11.6. The first-order valence-corrected chi connectivity index (χ1v) is 7.39. The number of amides is 1. The fraction of sp³-hybridized carbons (Fsp3) is 0.333. The SMILES string of the molecule is O=C1CCC2=CC(Br)=CC(OCc3ccncc3)C2N1. The number of hydrogen-bond acceptors (Lipinski definition) is 3. The largest absolute Gasteiger partial charge is 0.367 e. The van der Waals surface area contributed by atoms with Crippen LogP contribution >= 0.6 is 15.9 Å². The normalized spacial score (nSPS) is 25.4. The van der Waals surface area contributed by atoms with Gasteiger partial charge in [-0.3, -0.25) is 9.78 Å². The third kappa shape index (κ3) is 2.99. The summed E-state index contributed by atoms with van der Waals surface area (Å²) in [6.45, 7) is 0.504. The van der Waals surface area contributed by atoms with E-state index in [1.807, 2.05) is 18.2 Å². The second kappa shape index (κ2) is 5.89. The smallest absolute Gasteiger partial charge is 0.220 e. The molecule has 1 aliphatic heterocycles. The quantitative estimate of drug-likeness (QED) is 0.923. The lowest BCUT2D eigenvalue weighted by Crippen LogP contribution is -2.49. The van der Waals surface area contributed by atoms with Crippen molar-refractivity contribution in [2.24, 2.45) is 0 Å². The van der Waals surface area contributed by atoms with Gasteiger partial charge in [0.2, 0.25) is 5.91 Å². The van der Waals surface area contributed by atoms with Crippen LogP contribution in [-0.2, 0) is 16.1 Å².